The Hall–Kier alpha value is -3.83. The zero-order valence-corrected chi connectivity index (χ0v) is 53.8. The van der Waals surface area contributed by atoms with E-state index in [9.17, 15) is 28.6 Å². The van der Waals surface area contributed by atoms with Gasteiger partial charge >= 0.3 is 25.7 Å². The molecule has 1 rings (SSSR count). The van der Waals surface area contributed by atoms with Crippen molar-refractivity contribution < 1.29 is 51.9 Å². The van der Waals surface area contributed by atoms with Gasteiger partial charge in [-0.3, -0.25) is 28.2 Å². The molecule has 0 aromatic carbocycles. The molecule has 1 aliphatic carbocycles. The first-order valence-electron chi connectivity index (χ1n) is 32.1. The van der Waals surface area contributed by atoms with Crippen LogP contribution in [-0.2, 0) is 47.0 Å². The van der Waals surface area contributed by atoms with E-state index in [0.29, 0.717) is 38.7 Å². The Kier molecular flexibility index (Phi) is 50.4. The maximum Gasteiger partial charge on any atom is 0.472 e. The summed E-state index contributed by atoms with van der Waals surface area (Å²) in [5, 5.41) is 2.60. The topological polar surface area (TPSA) is 164 Å². The molecule has 12 nitrogen and oxygen atoms in total. The van der Waals surface area contributed by atoms with E-state index >= 15 is 0 Å². The summed E-state index contributed by atoms with van der Waals surface area (Å²) < 4.78 is 38.5. The number of amides is 1. The average Bonchev–Trinajstić information content (AvgIpc) is 3.47. The standard InChI is InChI=1S/C45H84NO9P.C23H34O2/c1-4-7-9-11-13-15-17-19-21-23-25-27-29-31-33-36-44(48)52-40-42(41-54-56(50,51)53-39-38-46-43(47)35-6-3)55-45(49)37-34-32-30-28-26-24-22-20-18-16-14-12-10-8-5-2;1-7-22(24)25-17-15-19(3)11-8-10-18(2)13-14-21-20(4)12-9-16-23(21,5)6/h19-22,42H,4-18,23-41H2,1-3H3,(H,46,47)(H,50,51);8,10-11,13-15H,7,9,12,16-17H2,1-6H3/b21-19-,22-20-;11-8+,14-13+,18-10+,19-15+/t42-;/m1./s1. The van der Waals surface area contributed by atoms with Gasteiger partial charge in [0.05, 0.1) is 13.2 Å². The summed E-state index contributed by atoms with van der Waals surface area (Å²) in [5.41, 5.74) is 5.61. The van der Waals surface area contributed by atoms with Crippen LogP contribution in [0.15, 0.2) is 83.1 Å². The second kappa shape index (κ2) is 52.9. The molecule has 1 unspecified atom stereocenters. The molecular formula is C68H118NO11P. The van der Waals surface area contributed by atoms with Crippen LogP contribution in [-0.4, -0.2) is 67.8 Å². The van der Waals surface area contributed by atoms with E-state index in [1.54, 1.807) is 6.92 Å². The largest absolute Gasteiger partial charge is 0.472 e. The third-order valence-electron chi connectivity index (χ3n) is 14.3. The van der Waals surface area contributed by atoms with Crippen molar-refractivity contribution in [3.8, 4) is 0 Å². The Morgan fingerprint density at radius 3 is 1.65 bits per heavy atom. The minimum atomic E-state index is -4.50. The lowest BCUT2D eigenvalue weighted by Crippen LogP contribution is -2.30. The van der Waals surface area contributed by atoms with Crippen molar-refractivity contribution in [2.75, 3.05) is 33.0 Å². The molecule has 0 saturated carbocycles. The Morgan fingerprint density at radius 2 is 1.14 bits per heavy atom. The lowest BCUT2D eigenvalue weighted by molar-refractivity contribution is -0.161. The number of esters is 3. The van der Waals surface area contributed by atoms with Crippen molar-refractivity contribution in [1.29, 1.82) is 0 Å². The van der Waals surface area contributed by atoms with Gasteiger partial charge in [0.25, 0.3) is 0 Å². The number of carbonyl (C=O) groups is 4. The zero-order valence-electron chi connectivity index (χ0n) is 52.9. The summed E-state index contributed by atoms with van der Waals surface area (Å²) in [6, 6.07) is 0. The third-order valence-corrected chi connectivity index (χ3v) is 15.3. The second-order valence-electron chi connectivity index (χ2n) is 22.7. The number of nitrogens with one attached hydrogen (secondary N) is 1. The molecule has 0 heterocycles. The van der Waals surface area contributed by atoms with Gasteiger partial charge in [0.15, 0.2) is 6.10 Å². The van der Waals surface area contributed by atoms with Crippen molar-refractivity contribution in [1.82, 2.24) is 5.32 Å². The SMILES string of the molecule is CCC(=O)OC/C=C(C)/C=C/C=C(C)/C=C/C1=C(C)CCCC1(C)C.CCCCCCCC/C=C\CCCCCCCC(=O)OC[C@H](COP(=O)(O)OCCNC(=O)CCC)OC(=O)CCCCCCC/C=C\CCCCCCCC. The number of allylic oxidation sites excluding steroid dienone is 13. The van der Waals surface area contributed by atoms with Crippen LogP contribution in [0.2, 0.25) is 0 Å². The number of phosphoric acid groups is 1. The van der Waals surface area contributed by atoms with Crippen LogP contribution in [0.4, 0.5) is 0 Å². The van der Waals surface area contributed by atoms with E-state index in [4.69, 9.17) is 23.3 Å². The predicted octanol–water partition coefficient (Wildman–Crippen LogP) is 19.0. The summed E-state index contributed by atoms with van der Waals surface area (Å²) in [7, 11) is -4.50. The zero-order chi connectivity index (χ0) is 60.1. The lowest BCUT2D eigenvalue weighted by atomic mass is 9.72. The van der Waals surface area contributed by atoms with Crippen LogP contribution in [0.1, 0.15) is 281 Å². The minimum absolute atomic E-state index is 0.0507. The lowest BCUT2D eigenvalue weighted by Gasteiger charge is -2.32. The molecule has 0 radical (unpaired) electrons. The number of rotatable bonds is 49. The molecule has 13 heteroatoms. The summed E-state index contributed by atoms with van der Waals surface area (Å²) in [5.74, 6) is -1.22. The van der Waals surface area contributed by atoms with Crippen LogP contribution in [0.3, 0.4) is 0 Å². The molecule has 1 amide bonds. The molecule has 0 aromatic heterocycles. The van der Waals surface area contributed by atoms with Gasteiger partial charge in [0.1, 0.15) is 13.2 Å². The molecule has 0 fully saturated rings. The molecule has 2 N–H and O–H groups in total. The summed E-state index contributed by atoms with van der Waals surface area (Å²) in [4.78, 5) is 58.0. The second-order valence-corrected chi connectivity index (χ2v) is 24.1. The number of ether oxygens (including phenoxy) is 3. The van der Waals surface area contributed by atoms with E-state index in [1.807, 2.05) is 32.1 Å². The van der Waals surface area contributed by atoms with E-state index in [2.05, 4.69) is 89.4 Å². The van der Waals surface area contributed by atoms with Gasteiger partial charge in [-0.25, -0.2) is 4.57 Å². The first kappa shape index (κ1) is 77.2. The molecule has 1 aliphatic rings. The highest BCUT2D eigenvalue weighted by molar-refractivity contribution is 7.47. The Balaban J connectivity index is 0.00000212. The van der Waals surface area contributed by atoms with Crippen molar-refractivity contribution in [3.05, 3.63) is 83.1 Å². The number of hydrogen-bond donors (Lipinski definition) is 2. The summed E-state index contributed by atoms with van der Waals surface area (Å²) in [6.45, 7) is 18.6. The van der Waals surface area contributed by atoms with E-state index < -0.39 is 32.5 Å². The van der Waals surface area contributed by atoms with E-state index in [1.165, 1.54) is 126 Å². The molecule has 0 spiro atoms. The molecular weight excluding hydrogens is 1040 g/mol. The highest BCUT2D eigenvalue weighted by Gasteiger charge is 2.27. The van der Waals surface area contributed by atoms with Gasteiger partial charge in [0.2, 0.25) is 5.91 Å². The average molecular weight is 1160 g/mol. The number of unbranched alkanes of at least 4 members (excludes halogenated alkanes) is 22. The third kappa shape index (κ3) is 49.3. The Labute approximate surface area is 494 Å². The number of hydrogen-bond acceptors (Lipinski definition) is 10. The van der Waals surface area contributed by atoms with Gasteiger partial charge in [-0.15, -0.1) is 0 Å². The maximum atomic E-state index is 12.7. The van der Waals surface area contributed by atoms with Gasteiger partial charge in [-0.1, -0.05) is 216 Å². The van der Waals surface area contributed by atoms with Gasteiger partial charge in [-0.05, 0) is 128 Å². The fraction of sp³-hybridized carbons (Fsp3) is 0.735. The monoisotopic (exact) mass is 1160 g/mol. The highest BCUT2D eigenvalue weighted by Crippen LogP contribution is 2.43. The van der Waals surface area contributed by atoms with Crippen molar-refractivity contribution >= 4 is 31.6 Å². The van der Waals surface area contributed by atoms with Crippen LogP contribution >= 0.6 is 7.82 Å². The molecule has 2 atom stereocenters. The normalized spacial score (nSPS) is 15.1. The van der Waals surface area contributed by atoms with Gasteiger partial charge in [-0.2, -0.15) is 0 Å². The van der Waals surface area contributed by atoms with Crippen LogP contribution in [0, 0.1) is 5.41 Å². The molecule has 0 saturated heterocycles. The molecule has 81 heavy (non-hydrogen) atoms. The van der Waals surface area contributed by atoms with Crippen molar-refractivity contribution in [2.45, 2.75) is 287 Å². The Morgan fingerprint density at radius 1 is 0.617 bits per heavy atom. The fourth-order valence-corrected chi connectivity index (χ4v) is 10.0. The molecule has 0 aliphatic heterocycles. The van der Waals surface area contributed by atoms with E-state index in [0.717, 1.165) is 69.8 Å². The van der Waals surface area contributed by atoms with Crippen molar-refractivity contribution in [2.24, 2.45) is 5.41 Å². The quantitative estimate of drug-likeness (QED) is 0.0149. The summed E-state index contributed by atoms with van der Waals surface area (Å²) >= 11 is 0. The van der Waals surface area contributed by atoms with Crippen LogP contribution in [0.25, 0.3) is 0 Å². The summed E-state index contributed by atoms with van der Waals surface area (Å²) in [6.07, 6.45) is 56.6. The van der Waals surface area contributed by atoms with E-state index in [-0.39, 0.29) is 49.9 Å². The van der Waals surface area contributed by atoms with Crippen LogP contribution in [0.5, 0.6) is 0 Å². The molecule has 0 bridgehead atoms. The highest BCUT2D eigenvalue weighted by atomic mass is 31.2. The number of phosphoric ester groups is 1. The van der Waals surface area contributed by atoms with Crippen LogP contribution < -0.4 is 5.32 Å². The smallest absolute Gasteiger partial charge is 0.462 e. The maximum absolute atomic E-state index is 12.7. The molecule has 466 valence electrons. The molecule has 0 aromatic rings. The van der Waals surface area contributed by atoms with Gasteiger partial charge in [0, 0.05) is 32.2 Å². The Bertz CT molecular complexity index is 1910. The first-order chi connectivity index (χ1) is 39.0. The number of carbonyl (C=O) groups excluding carboxylic acids is 4. The fourth-order valence-electron chi connectivity index (χ4n) is 9.25. The van der Waals surface area contributed by atoms with Crippen molar-refractivity contribution in [3.63, 3.8) is 0 Å². The minimum Gasteiger partial charge on any atom is -0.462 e. The van der Waals surface area contributed by atoms with Gasteiger partial charge < -0.3 is 24.4 Å². The first-order valence-corrected chi connectivity index (χ1v) is 33.6. The predicted molar refractivity (Wildman–Crippen MR) is 337 cm³/mol.